The van der Waals surface area contributed by atoms with Gasteiger partial charge in [0.15, 0.2) is 0 Å². The van der Waals surface area contributed by atoms with Gasteiger partial charge in [0.25, 0.3) is 0 Å². The highest BCUT2D eigenvalue weighted by Gasteiger charge is 2.02. The van der Waals surface area contributed by atoms with Crippen molar-refractivity contribution < 1.29 is 0 Å². The topological polar surface area (TPSA) is 0 Å². The van der Waals surface area contributed by atoms with Crippen molar-refractivity contribution in [3.05, 3.63) is 26.2 Å². The maximum absolute atomic E-state index is 4.31. The van der Waals surface area contributed by atoms with E-state index in [1.807, 2.05) is 0 Å². The maximum Gasteiger partial charge on any atom is 0.0580 e. The third kappa shape index (κ3) is 1.66. The lowest BCUT2D eigenvalue weighted by atomic mass is 10.3. The second-order valence-corrected chi connectivity index (χ2v) is 6.27. The normalized spacial score (nSPS) is 10.9. The Morgan fingerprint density at radius 1 is 1.33 bits per heavy atom. The molecule has 0 nitrogen and oxygen atoms in total. The first-order valence-corrected chi connectivity index (χ1v) is 6.38. The Morgan fingerprint density at radius 3 is 2.83 bits per heavy atom. The van der Waals surface area contributed by atoms with Gasteiger partial charge in [0.05, 0.1) is 4.21 Å². The van der Waals surface area contributed by atoms with Gasteiger partial charge in [-0.3, -0.25) is 0 Å². The number of benzene rings is 1. The molecule has 0 bridgehead atoms. The number of hydrogen-bond acceptors (Lipinski definition) is 2. The molecular formula is C8H4BrIS2. The first kappa shape index (κ1) is 9.30. The van der Waals surface area contributed by atoms with Gasteiger partial charge in [-0.2, -0.15) is 0 Å². The lowest BCUT2D eigenvalue weighted by molar-refractivity contribution is 1.67. The average molecular weight is 371 g/mol. The summed E-state index contributed by atoms with van der Waals surface area (Å²) in [6, 6.07) is 6.40. The van der Waals surface area contributed by atoms with Crippen LogP contribution in [0.5, 0.6) is 0 Å². The van der Waals surface area contributed by atoms with Gasteiger partial charge in [0, 0.05) is 12.7 Å². The molecule has 0 N–H and O–H groups in total. The van der Waals surface area contributed by atoms with Gasteiger partial charge in [-0.05, 0) is 62.1 Å². The molecule has 2 aromatic rings. The predicted molar refractivity (Wildman–Crippen MR) is 69.5 cm³/mol. The van der Waals surface area contributed by atoms with E-state index in [9.17, 15) is 0 Å². The van der Waals surface area contributed by atoms with Crippen LogP contribution in [0.3, 0.4) is 0 Å². The summed E-state index contributed by atoms with van der Waals surface area (Å²) in [4.78, 5) is 0. The Balaban J connectivity index is 2.83. The van der Waals surface area contributed by atoms with E-state index < -0.39 is 0 Å². The minimum absolute atomic E-state index is 1.07. The zero-order chi connectivity index (χ0) is 8.72. The molecule has 0 atom stereocenters. The van der Waals surface area contributed by atoms with E-state index >= 15 is 0 Å². The van der Waals surface area contributed by atoms with E-state index in [0.717, 1.165) is 8.68 Å². The summed E-state index contributed by atoms with van der Waals surface area (Å²) in [5.41, 5.74) is 0. The van der Waals surface area contributed by atoms with Crippen LogP contribution in [0.2, 0.25) is 0 Å². The van der Waals surface area contributed by atoms with Crippen LogP contribution in [0.15, 0.2) is 26.9 Å². The van der Waals surface area contributed by atoms with Gasteiger partial charge in [0.2, 0.25) is 0 Å². The molecule has 1 aromatic carbocycles. The highest BCUT2D eigenvalue weighted by atomic mass is 127. The summed E-state index contributed by atoms with van der Waals surface area (Å²) in [6.45, 7) is 0. The molecule has 2 rings (SSSR count). The van der Waals surface area contributed by atoms with Crippen LogP contribution >= 0.6 is 62.5 Å². The minimum atomic E-state index is 1.07. The second kappa shape index (κ2) is 3.48. The average Bonchev–Trinajstić information content (AvgIpc) is 2.30. The van der Waals surface area contributed by atoms with Crippen molar-refractivity contribution in [2.45, 2.75) is 4.21 Å². The quantitative estimate of drug-likeness (QED) is 0.510. The Morgan fingerprint density at radius 2 is 2.08 bits per heavy atom. The third-order valence-corrected chi connectivity index (χ3v) is 5.14. The van der Waals surface area contributed by atoms with E-state index in [1.165, 1.54) is 13.7 Å². The van der Waals surface area contributed by atoms with Gasteiger partial charge in [-0.1, -0.05) is 0 Å². The Bertz CT molecular complexity index is 397. The van der Waals surface area contributed by atoms with E-state index in [4.69, 9.17) is 0 Å². The molecule has 0 unspecified atom stereocenters. The summed E-state index contributed by atoms with van der Waals surface area (Å²) in [5.74, 6) is 0. The SMILES string of the molecule is Sc1cc2cc(I)c(Br)cc2s1. The zero-order valence-electron chi connectivity index (χ0n) is 5.84. The van der Waals surface area contributed by atoms with Crippen LogP contribution in [0, 0.1) is 3.57 Å². The number of rotatable bonds is 0. The third-order valence-electron chi connectivity index (χ3n) is 1.55. The van der Waals surface area contributed by atoms with Crippen molar-refractivity contribution in [3.63, 3.8) is 0 Å². The van der Waals surface area contributed by atoms with Crippen molar-refractivity contribution >= 4 is 72.6 Å². The number of thiol groups is 1. The van der Waals surface area contributed by atoms with E-state index in [2.05, 4.69) is 69.3 Å². The van der Waals surface area contributed by atoms with Gasteiger partial charge >= 0.3 is 0 Å². The second-order valence-electron chi connectivity index (χ2n) is 2.39. The molecule has 0 saturated heterocycles. The highest BCUT2D eigenvalue weighted by Crippen LogP contribution is 2.32. The van der Waals surface area contributed by atoms with Gasteiger partial charge in [0.1, 0.15) is 0 Å². The smallest absolute Gasteiger partial charge is 0.0580 e. The minimum Gasteiger partial charge on any atom is -0.133 e. The summed E-state index contributed by atoms with van der Waals surface area (Å²) in [7, 11) is 0. The van der Waals surface area contributed by atoms with E-state index in [1.54, 1.807) is 11.3 Å². The molecule has 1 heterocycles. The van der Waals surface area contributed by atoms with Crippen LogP contribution in [-0.2, 0) is 0 Å². The first-order chi connectivity index (χ1) is 5.66. The molecule has 0 amide bonds. The Kier molecular flexibility index (Phi) is 2.69. The number of hydrogen-bond donors (Lipinski definition) is 1. The van der Waals surface area contributed by atoms with Crippen molar-refractivity contribution in [2.24, 2.45) is 0 Å². The van der Waals surface area contributed by atoms with E-state index in [0.29, 0.717) is 0 Å². The first-order valence-electron chi connectivity index (χ1n) is 3.24. The van der Waals surface area contributed by atoms with Gasteiger partial charge in [-0.15, -0.1) is 24.0 Å². The molecule has 62 valence electrons. The van der Waals surface area contributed by atoms with Crippen molar-refractivity contribution in [1.82, 2.24) is 0 Å². The van der Waals surface area contributed by atoms with Crippen LogP contribution in [0.1, 0.15) is 0 Å². The fourth-order valence-electron chi connectivity index (χ4n) is 1.02. The van der Waals surface area contributed by atoms with Crippen molar-refractivity contribution in [3.8, 4) is 0 Å². The fraction of sp³-hybridized carbons (Fsp3) is 0. The summed E-state index contributed by atoms with van der Waals surface area (Å²) in [6.07, 6.45) is 0. The largest absolute Gasteiger partial charge is 0.133 e. The molecule has 0 saturated carbocycles. The number of halogens is 2. The predicted octanol–water partition coefficient (Wildman–Crippen LogP) is 4.56. The molecule has 0 fully saturated rings. The van der Waals surface area contributed by atoms with E-state index in [-0.39, 0.29) is 0 Å². The highest BCUT2D eigenvalue weighted by molar-refractivity contribution is 14.1. The molecule has 1 aromatic heterocycles. The number of fused-ring (bicyclic) bond motifs is 1. The van der Waals surface area contributed by atoms with Crippen molar-refractivity contribution in [1.29, 1.82) is 0 Å². The summed E-state index contributed by atoms with van der Waals surface area (Å²) >= 11 is 11.8. The standard InChI is InChI=1S/C8H4BrIS2/c9-5-3-7-4(1-6(5)10)2-8(11)12-7/h1-3,11H. The monoisotopic (exact) mass is 370 g/mol. The van der Waals surface area contributed by atoms with Crippen LogP contribution in [-0.4, -0.2) is 0 Å². The Hall–Kier alpha value is 0.740. The van der Waals surface area contributed by atoms with Crippen LogP contribution in [0.25, 0.3) is 10.1 Å². The lowest BCUT2D eigenvalue weighted by Crippen LogP contribution is -1.71. The molecule has 0 radical (unpaired) electrons. The molecule has 12 heavy (non-hydrogen) atoms. The zero-order valence-corrected chi connectivity index (χ0v) is 11.3. The summed E-state index contributed by atoms with van der Waals surface area (Å²) < 4.78 is 4.75. The van der Waals surface area contributed by atoms with Crippen LogP contribution in [0.4, 0.5) is 0 Å². The van der Waals surface area contributed by atoms with Gasteiger partial charge in [-0.25, -0.2) is 0 Å². The Labute approximate surface area is 102 Å². The van der Waals surface area contributed by atoms with Crippen LogP contribution < -0.4 is 0 Å². The van der Waals surface area contributed by atoms with Gasteiger partial charge < -0.3 is 0 Å². The van der Waals surface area contributed by atoms with Crippen molar-refractivity contribution in [2.75, 3.05) is 0 Å². The number of thiophene rings is 1. The fourth-order valence-corrected chi connectivity index (χ4v) is 3.26. The lowest BCUT2D eigenvalue weighted by Gasteiger charge is -1.94. The molecule has 0 aliphatic rings. The molecule has 0 spiro atoms. The molecular weight excluding hydrogens is 367 g/mol. The summed E-state index contributed by atoms with van der Waals surface area (Å²) in [5, 5.41) is 1.28. The maximum atomic E-state index is 4.31. The molecule has 4 heteroatoms. The molecule has 0 aliphatic carbocycles. The molecule has 0 aliphatic heterocycles.